The number of thioether (sulfide) groups is 1. The predicted octanol–water partition coefficient (Wildman–Crippen LogP) is 4.42. The Balaban J connectivity index is 1.94. The average molecular weight is 288 g/mol. The van der Waals surface area contributed by atoms with Gasteiger partial charge in [0.2, 0.25) is 0 Å². The maximum atomic E-state index is 13.1. The van der Waals surface area contributed by atoms with Gasteiger partial charge in [0.25, 0.3) is 0 Å². The summed E-state index contributed by atoms with van der Waals surface area (Å²) in [5.41, 5.74) is 1.04. The Bertz CT molecular complexity index is 415. The summed E-state index contributed by atoms with van der Waals surface area (Å²) in [7, 11) is 0. The fraction of sp³-hybridized carbons (Fsp3) is 0.571. The standard InChI is InChI=1S/C14H19ClFNS/c1-10(11-4-5-13(16)12(15)8-11)17-9-14(18-2)6-3-7-14/h4-5,8,10,17H,3,6-7,9H2,1-2H3. The molecule has 0 amide bonds. The first-order valence-electron chi connectivity index (χ1n) is 6.30. The van der Waals surface area contributed by atoms with Gasteiger partial charge in [-0.25, -0.2) is 4.39 Å². The van der Waals surface area contributed by atoms with Crippen LogP contribution in [0.15, 0.2) is 18.2 Å². The molecule has 1 saturated carbocycles. The molecule has 0 spiro atoms. The van der Waals surface area contributed by atoms with Crippen LogP contribution >= 0.6 is 23.4 Å². The van der Waals surface area contributed by atoms with Crippen molar-refractivity contribution in [1.29, 1.82) is 0 Å². The van der Waals surface area contributed by atoms with E-state index in [1.54, 1.807) is 12.1 Å². The van der Waals surface area contributed by atoms with Crippen LogP contribution in [-0.2, 0) is 0 Å². The summed E-state index contributed by atoms with van der Waals surface area (Å²) in [4.78, 5) is 0. The maximum absolute atomic E-state index is 13.1. The Morgan fingerprint density at radius 1 is 1.50 bits per heavy atom. The normalized spacial score (nSPS) is 19.3. The molecule has 1 aromatic rings. The lowest BCUT2D eigenvalue weighted by atomic mass is 9.84. The highest BCUT2D eigenvalue weighted by molar-refractivity contribution is 8.00. The molecule has 1 nitrogen and oxygen atoms in total. The van der Waals surface area contributed by atoms with Crippen molar-refractivity contribution < 1.29 is 4.39 Å². The minimum absolute atomic E-state index is 0.198. The molecule has 1 fully saturated rings. The van der Waals surface area contributed by atoms with E-state index in [1.807, 2.05) is 11.8 Å². The zero-order valence-electron chi connectivity index (χ0n) is 10.8. The second kappa shape index (κ2) is 5.81. The van der Waals surface area contributed by atoms with E-state index in [1.165, 1.54) is 25.3 Å². The Labute approximate surface area is 117 Å². The first-order valence-corrected chi connectivity index (χ1v) is 7.90. The van der Waals surface area contributed by atoms with Crippen LogP contribution in [0.2, 0.25) is 5.02 Å². The molecule has 1 N–H and O–H groups in total. The van der Waals surface area contributed by atoms with Gasteiger partial charge < -0.3 is 5.32 Å². The lowest BCUT2D eigenvalue weighted by molar-refractivity contribution is 0.334. The number of hydrogen-bond donors (Lipinski definition) is 1. The molecule has 1 aliphatic carbocycles. The van der Waals surface area contributed by atoms with Crippen LogP contribution in [0.3, 0.4) is 0 Å². The molecular formula is C14H19ClFNS. The van der Waals surface area contributed by atoms with E-state index in [-0.39, 0.29) is 16.9 Å². The number of benzene rings is 1. The van der Waals surface area contributed by atoms with Crippen LogP contribution in [0.1, 0.15) is 37.8 Å². The van der Waals surface area contributed by atoms with E-state index >= 15 is 0 Å². The Morgan fingerprint density at radius 3 is 2.72 bits per heavy atom. The number of rotatable bonds is 5. The third-order valence-corrected chi connectivity index (χ3v) is 5.58. The van der Waals surface area contributed by atoms with Gasteiger partial charge in [-0.05, 0) is 43.7 Å². The Kier molecular flexibility index (Phi) is 4.57. The second-order valence-corrected chi connectivity index (χ2v) is 6.70. The summed E-state index contributed by atoms with van der Waals surface area (Å²) in [5.74, 6) is -0.354. The molecule has 0 radical (unpaired) electrons. The maximum Gasteiger partial charge on any atom is 0.141 e. The SMILES string of the molecule is CSC1(CNC(C)c2ccc(F)c(Cl)c2)CCC1. The summed E-state index contributed by atoms with van der Waals surface area (Å²) in [6.45, 7) is 3.10. The Morgan fingerprint density at radius 2 is 2.22 bits per heavy atom. The van der Waals surface area contributed by atoms with E-state index in [0.29, 0.717) is 4.75 Å². The third-order valence-electron chi connectivity index (χ3n) is 3.87. The molecule has 1 aliphatic rings. The van der Waals surface area contributed by atoms with Crippen LogP contribution in [0.4, 0.5) is 4.39 Å². The highest BCUT2D eigenvalue weighted by Gasteiger charge is 2.35. The molecule has 0 aromatic heterocycles. The van der Waals surface area contributed by atoms with Gasteiger partial charge in [-0.2, -0.15) is 11.8 Å². The van der Waals surface area contributed by atoms with Crippen LogP contribution in [0.25, 0.3) is 0 Å². The summed E-state index contributed by atoms with van der Waals surface area (Å²) >= 11 is 7.76. The lowest BCUT2D eigenvalue weighted by Crippen LogP contribution is -2.43. The van der Waals surface area contributed by atoms with Gasteiger partial charge in [-0.3, -0.25) is 0 Å². The van der Waals surface area contributed by atoms with Crippen molar-refractivity contribution in [2.75, 3.05) is 12.8 Å². The summed E-state index contributed by atoms with van der Waals surface area (Å²) < 4.78 is 13.5. The monoisotopic (exact) mass is 287 g/mol. The van der Waals surface area contributed by atoms with Crippen molar-refractivity contribution in [3.8, 4) is 0 Å². The van der Waals surface area contributed by atoms with Gasteiger partial charge in [-0.1, -0.05) is 24.1 Å². The van der Waals surface area contributed by atoms with Crippen LogP contribution < -0.4 is 5.32 Å². The highest BCUT2D eigenvalue weighted by atomic mass is 35.5. The summed E-state index contributed by atoms with van der Waals surface area (Å²) in [5, 5.41) is 3.74. The highest BCUT2D eigenvalue weighted by Crippen LogP contribution is 2.42. The summed E-state index contributed by atoms with van der Waals surface area (Å²) in [6.07, 6.45) is 6.09. The topological polar surface area (TPSA) is 12.0 Å². The van der Waals surface area contributed by atoms with Gasteiger partial charge >= 0.3 is 0 Å². The lowest BCUT2D eigenvalue weighted by Gasteiger charge is -2.41. The predicted molar refractivity (Wildman–Crippen MR) is 77.9 cm³/mol. The smallest absolute Gasteiger partial charge is 0.141 e. The van der Waals surface area contributed by atoms with E-state index in [2.05, 4.69) is 18.5 Å². The molecule has 1 atom stereocenters. The third kappa shape index (κ3) is 3.01. The first kappa shape index (κ1) is 14.2. The van der Waals surface area contributed by atoms with Crippen molar-refractivity contribution in [3.63, 3.8) is 0 Å². The molecule has 4 heteroatoms. The van der Waals surface area contributed by atoms with Crippen molar-refractivity contribution in [1.82, 2.24) is 5.32 Å². The van der Waals surface area contributed by atoms with E-state index in [9.17, 15) is 4.39 Å². The van der Waals surface area contributed by atoms with E-state index in [0.717, 1.165) is 12.1 Å². The van der Waals surface area contributed by atoms with E-state index in [4.69, 9.17) is 11.6 Å². The molecule has 0 saturated heterocycles. The van der Waals surface area contributed by atoms with Crippen molar-refractivity contribution in [2.45, 2.75) is 37.0 Å². The van der Waals surface area contributed by atoms with Crippen molar-refractivity contribution in [2.24, 2.45) is 0 Å². The molecule has 0 heterocycles. The van der Waals surface area contributed by atoms with Gasteiger partial charge in [-0.15, -0.1) is 0 Å². The number of nitrogens with one attached hydrogen (secondary N) is 1. The van der Waals surface area contributed by atoms with Gasteiger partial charge in [0.15, 0.2) is 0 Å². The van der Waals surface area contributed by atoms with Crippen molar-refractivity contribution in [3.05, 3.63) is 34.6 Å². The van der Waals surface area contributed by atoms with Crippen molar-refractivity contribution >= 4 is 23.4 Å². The fourth-order valence-electron chi connectivity index (χ4n) is 2.26. The fourth-order valence-corrected chi connectivity index (χ4v) is 3.38. The molecule has 1 aromatic carbocycles. The first-order chi connectivity index (χ1) is 8.56. The summed E-state index contributed by atoms with van der Waals surface area (Å²) in [6, 6.07) is 5.14. The molecule has 2 rings (SSSR count). The van der Waals surface area contributed by atoms with Gasteiger partial charge in [0.1, 0.15) is 5.82 Å². The van der Waals surface area contributed by atoms with Crippen LogP contribution in [-0.4, -0.2) is 17.5 Å². The number of halogens is 2. The minimum Gasteiger partial charge on any atom is -0.309 e. The van der Waals surface area contributed by atoms with Gasteiger partial charge in [0, 0.05) is 17.3 Å². The van der Waals surface area contributed by atoms with Crippen LogP contribution in [0, 0.1) is 5.82 Å². The zero-order chi connectivity index (χ0) is 13.2. The van der Waals surface area contributed by atoms with E-state index < -0.39 is 0 Å². The number of hydrogen-bond acceptors (Lipinski definition) is 2. The largest absolute Gasteiger partial charge is 0.309 e. The average Bonchev–Trinajstić information content (AvgIpc) is 2.31. The minimum atomic E-state index is -0.354. The quantitative estimate of drug-likeness (QED) is 0.860. The molecule has 100 valence electrons. The molecule has 0 aliphatic heterocycles. The van der Waals surface area contributed by atoms with Crippen LogP contribution in [0.5, 0.6) is 0 Å². The molecular weight excluding hydrogens is 269 g/mol. The Hall–Kier alpha value is -0.250. The molecule has 18 heavy (non-hydrogen) atoms. The molecule has 1 unspecified atom stereocenters. The van der Waals surface area contributed by atoms with Gasteiger partial charge in [0.05, 0.1) is 5.02 Å². The second-order valence-electron chi connectivity index (χ2n) is 5.02. The molecule has 0 bridgehead atoms. The zero-order valence-corrected chi connectivity index (χ0v) is 12.4.